The lowest BCUT2D eigenvalue weighted by atomic mass is 10.3. The summed E-state index contributed by atoms with van der Waals surface area (Å²) in [5.74, 6) is -0.229. The van der Waals surface area contributed by atoms with Crippen molar-refractivity contribution in [1.82, 2.24) is 9.88 Å². The summed E-state index contributed by atoms with van der Waals surface area (Å²) in [6.45, 7) is 7.07. The normalized spacial score (nSPS) is 11.9. The van der Waals surface area contributed by atoms with Crippen molar-refractivity contribution in [3.63, 3.8) is 0 Å². The summed E-state index contributed by atoms with van der Waals surface area (Å²) in [7, 11) is -3.33. The lowest BCUT2D eigenvalue weighted by Gasteiger charge is -2.24. The van der Waals surface area contributed by atoms with Crippen LogP contribution in [0.1, 0.15) is 13.8 Å². The van der Waals surface area contributed by atoms with Gasteiger partial charge < -0.3 is 4.90 Å². The van der Waals surface area contributed by atoms with Crippen molar-refractivity contribution in [2.24, 2.45) is 0 Å². The molecule has 3 rings (SSSR count). The van der Waals surface area contributed by atoms with Gasteiger partial charge in [-0.2, -0.15) is 0 Å². The minimum Gasteiger partial charge on any atom is -0.302 e. The van der Waals surface area contributed by atoms with E-state index in [1.165, 1.54) is 47.6 Å². The van der Waals surface area contributed by atoms with Crippen LogP contribution in [0.2, 0.25) is 0 Å². The van der Waals surface area contributed by atoms with Crippen LogP contribution in [-0.2, 0) is 14.6 Å². The standard InChI is InChI=1S/C22H26FN3O3S3/c1-4-25(5-2)12-13-26(21(27)15-30-17-8-6-16(23)7-9-17)22-24-19-11-10-18(32(3,28)29)14-20(19)31-22/h6-11,14H,4-5,12-13,15H2,1-3H3. The first kappa shape index (κ1) is 24.6. The largest absolute Gasteiger partial charge is 0.302 e. The van der Waals surface area contributed by atoms with E-state index in [1.807, 2.05) is 0 Å². The molecule has 6 nitrogen and oxygen atoms in total. The lowest BCUT2D eigenvalue weighted by molar-refractivity contribution is -0.116. The number of anilines is 1. The van der Waals surface area contributed by atoms with E-state index < -0.39 is 9.84 Å². The Balaban J connectivity index is 1.85. The van der Waals surface area contributed by atoms with Gasteiger partial charge in [0.25, 0.3) is 0 Å². The highest BCUT2D eigenvalue weighted by Crippen LogP contribution is 2.31. The molecule has 0 saturated carbocycles. The molecule has 32 heavy (non-hydrogen) atoms. The Bertz CT molecular complexity index is 1180. The van der Waals surface area contributed by atoms with Gasteiger partial charge in [-0.3, -0.25) is 9.69 Å². The molecule has 3 aromatic rings. The van der Waals surface area contributed by atoms with E-state index in [1.54, 1.807) is 29.2 Å². The summed E-state index contributed by atoms with van der Waals surface area (Å²) in [5.41, 5.74) is 0.657. The number of hydrogen-bond acceptors (Lipinski definition) is 7. The molecule has 0 aliphatic rings. The first-order valence-electron chi connectivity index (χ1n) is 10.2. The van der Waals surface area contributed by atoms with Gasteiger partial charge in [-0.15, -0.1) is 11.8 Å². The van der Waals surface area contributed by atoms with Gasteiger partial charge in [0.15, 0.2) is 15.0 Å². The van der Waals surface area contributed by atoms with Crippen molar-refractivity contribution in [1.29, 1.82) is 0 Å². The third-order valence-electron chi connectivity index (χ3n) is 5.02. The number of thiazole rings is 1. The molecule has 1 amide bonds. The first-order valence-corrected chi connectivity index (χ1v) is 13.9. The van der Waals surface area contributed by atoms with E-state index in [2.05, 4.69) is 23.7 Å². The Hall–Kier alpha value is -2.01. The fourth-order valence-corrected chi connectivity index (χ4v) is 5.65. The number of likely N-dealkylation sites (N-methyl/N-ethyl adjacent to an activating group) is 1. The molecular weight excluding hydrogens is 469 g/mol. The maximum atomic E-state index is 13.2. The molecule has 0 radical (unpaired) electrons. The van der Waals surface area contributed by atoms with Crippen molar-refractivity contribution in [2.75, 3.05) is 43.1 Å². The van der Waals surface area contributed by atoms with Crippen LogP contribution in [0.25, 0.3) is 10.2 Å². The Morgan fingerprint density at radius 2 is 1.78 bits per heavy atom. The van der Waals surface area contributed by atoms with Crippen molar-refractivity contribution >= 4 is 54.2 Å². The van der Waals surface area contributed by atoms with Crippen LogP contribution < -0.4 is 4.90 Å². The molecule has 1 aromatic heterocycles. The molecule has 0 spiro atoms. The Morgan fingerprint density at radius 3 is 2.41 bits per heavy atom. The van der Waals surface area contributed by atoms with Crippen molar-refractivity contribution in [2.45, 2.75) is 23.6 Å². The topological polar surface area (TPSA) is 70.6 Å². The van der Waals surface area contributed by atoms with Gasteiger partial charge in [0, 0.05) is 24.2 Å². The number of rotatable bonds is 10. The molecule has 172 valence electrons. The third kappa shape index (κ3) is 6.28. The smallest absolute Gasteiger partial charge is 0.239 e. The van der Waals surface area contributed by atoms with E-state index in [9.17, 15) is 17.6 Å². The SMILES string of the molecule is CCN(CC)CCN(C(=O)CSc1ccc(F)cc1)c1nc2ccc(S(C)(=O)=O)cc2s1. The fourth-order valence-electron chi connectivity index (χ4n) is 3.10. The van der Waals surface area contributed by atoms with Gasteiger partial charge in [0.2, 0.25) is 5.91 Å². The molecule has 0 aliphatic heterocycles. The molecular formula is C22H26FN3O3S3. The second-order valence-electron chi connectivity index (χ2n) is 7.21. The zero-order valence-corrected chi connectivity index (χ0v) is 20.7. The molecule has 0 saturated heterocycles. The predicted octanol–water partition coefficient (Wildman–Crippen LogP) is 4.31. The van der Waals surface area contributed by atoms with Gasteiger partial charge in [0.05, 0.1) is 20.9 Å². The number of halogens is 1. The van der Waals surface area contributed by atoms with Gasteiger partial charge in [-0.25, -0.2) is 17.8 Å². The number of aromatic nitrogens is 1. The third-order valence-corrected chi connectivity index (χ3v) is 8.17. The summed E-state index contributed by atoms with van der Waals surface area (Å²) in [6.07, 6.45) is 1.17. The summed E-state index contributed by atoms with van der Waals surface area (Å²) >= 11 is 2.65. The number of benzene rings is 2. The highest BCUT2D eigenvalue weighted by Gasteiger charge is 2.21. The minimum atomic E-state index is -3.33. The van der Waals surface area contributed by atoms with Crippen LogP contribution in [-0.4, -0.2) is 62.4 Å². The van der Waals surface area contributed by atoms with Gasteiger partial charge in [0.1, 0.15) is 5.82 Å². The number of hydrogen-bond donors (Lipinski definition) is 0. The number of amides is 1. The summed E-state index contributed by atoms with van der Waals surface area (Å²) in [6, 6.07) is 10.9. The maximum Gasteiger partial charge on any atom is 0.239 e. The zero-order valence-electron chi connectivity index (χ0n) is 18.2. The average molecular weight is 496 g/mol. The molecule has 0 atom stereocenters. The summed E-state index contributed by atoms with van der Waals surface area (Å²) in [5, 5.41) is 0.544. The predicted molar refractivity (Wildman–Crippen MR) is 130 cm³/mol. The molecule has 2 aromatic carbocycles. The molecule has 10 heteroatoms. The molecule has 0 N–H and O–H groups in total. The number of nitrogens with zero attached hydrogens (tertiary/aromatic N) is 3. The first-order chi connectivity index (χ1) is 15.2. The molecule has 0 unspecified atom stereocenters. The summed E-state index contributed by atoms with van der Waals surface area (Å²) in [4.78, 5) is 22.7. The highest BCUT2D eigenvalue weighted by atomic mass is 32.2. The second kappa shape index (κ2) is 10.7. The Morgan fingerprint density at radius 1 is 1.09 bits per heavy atom. The van der Waals surface area contributed by atoms with Gasteiger partial charge >= 0.3 is 0 Å². The highest BCUT2D eigenvalue weighted by molar-refractivity contribution is 8.00. The maximum absolute atomic E-state index is 13.2. The van der Waals surface area contributed by atoms with Crippen LogP contribution in [0.15, 0.2) is 52.3 Å². The van der Waals surface area contributed by atoms with Crippen molar-refractivity contribution < 1.29 is 17.6 Å². The number of fused-ring (bicyclic) bond motifs is 1. The number of sulfone groups is 1. The van der Waals surface area contributed by atoms with Crippen molar-refractivity contribution in [3.8, 4) is 0 Å². The Kier molecular flexibility index (Phi) is 8.26. The molecule has 0 bridgehead atoms. The second-order valence-corrected chi connectivity index (χ2v) is 11.3. The Labute approximate surface area is 196 Å². The monoisotopic (exact) mass is 495 g/mol. The average Bonchev–Trinajstić information content (AvgIpc) is 3.18. The lowest BCUT2D eigenvalue weighted by Crippen LogP contribution is -2.39. The van der Waals surface area contributed by atoms with E-state index in [0.717, 1.165) is 22.7 Å². The summed E-state index contributed by atoms with van der Waals surface area (Å²) < 4.78 is 37.7. The van der Waals surface area contributed by atoms with Crippen LogP contribution >= 0.6 is 23.1 Å². The molecule has 0 fully saturated rings. The number of carbonyl (C=O) groups excluding carboxylic acids is 1. The van der Waals surface area contributed by atoms with Gasteiger partial charge in [-0.1, -0.05) is 25.2 Å². The molecule has 1 heterocycles. The zero-order chi connectivity index (χ0) is 23.3. The minimum absolute atomic E-state index is 0.103. The van der Waals surface area contributed by atoms with Gasteiger partial charge in [-0.05, 0) is 55.6 Å². The molecule has 0 aliphatic carbocycles. The van der Waals surface area contributed by atoms with E-state index in [0.29, 0.717) is 23.7 Å². The van der Waals surface area contributed by atoms with E-state index >= 15 is 0 Å². The van der Waals surface area contributed by atoms with Crippen molar-refractivity contribution in [3.05, 3.63) is 48.3 Å². The quantitative estimate of drug-likeness (QED) is 0.391. The van der Waals surface area contributed by atoms with Crippen LogP contribution in [0.4, 0.5) is 9.52 Å². The van der Waals surface area contributed by atoms with Crippen LogP contribution in [0, 0.1) is 5.82 Å². The van der Waals surface area contributed by atoms with E-state index in [-0.39, 0.29) is 22.4 Å². The number of thioether (sulfide) groups is 1. The number of carbonyl (C=O) groups is 1. The van der Waals surface area contributed by atoms with Crippen LogP contribution in [0.3, 0.4) is 0 Å². The van der Waals surface area contributed by atoms with Crippen LogP contribution in [0.5, 0.6) is 0 Å². The fraction of sp³-hybridized carbons (Fsp3) is 0.364. The van der Waals surface area contributed by atoms with E-state index in [4.69, 9.17) is 0 Å².